The van der Waals surface area contributed by atoms with E-state index in [1.807, 2.05) is 70.9 Å². The lowest BCUT2D eigenvalue weighted by Gasteiger charge is -2.39. The molecule has 2 aliphatic rings. The number of nitrogens with zero attached hydrogens (tertiary/aromatic N) is 2. The van der Waals surface area contributed by atoms with E-state index in [1.54, 1.807) is 11.3 Å². The zero-order chi connectivity index (χ0) is 32.6. The Bertz CT molecular complexity index is 1640. The molecule has 9 nitrogen and oxygen atoms in total. The van der Waals surface area contributed by atoms with E-state index in [2.05, 4.69) is 33.0 Å². The van der Waals surface area contributed by atoms with Crippen LogP contribution < -0.4 is 16.0 Å². The second-order valence-corrected chi connectivity index (χ2v) is 14.4. The van der Waals surface area contributed by atoms with Crippen LogP contribution >= 0.6 is 22.7 Å². The van der Waals surface area contributed by atoms with E-state index in [4.69, 9.17) is 0 Å². The summed E-state index contributed by atoms with van der Waals surface area (Å²) in [6.07, 6.45) is 3.45. The van der Waals surface area contributed by atoms with Gasteiger partial charge in [0.15, 0.2) is 0 Å². The number of fused-ring (bicyclic) bond motifs is 1. The molecule has 0 radical (unpaired) electrons. The van der Waals surface area contributed by atoms with E-state index in [0.29, 0.717) is 43.8 Å². The predicted molar refractivity (Wildman–Crippen MR) is 186 cm³/mol. The van der Waals surface area contributed by atoms with Crippen molar-refractivity contribution in [1.29, 1.82) is 0 Å². The maximum absolute atomic E-state index is 13.4. The van der Waals surface area contributed by atoms with E-state index < -0.39 is 5.54 Å². The summed E-state index contributed by atoms with van der Waals surface area (Å²) in [4.78, 5) is 58.4. The number of carbonyl (C=O) groups is 4. The molecule has 1 atom stereocenters. The van der Waals surface area contributed by atoms with Crippen LogP contribution in [0.2, 0.25) is 0 Å². The normalized spacial score (nSPS) is 16.9. The first-order valence-electron chi connectivity index (χ1n) is 16.4. The van der Waals surface area contributed by atoms with Crippen LogP contribution in [0.1, 0.15) is 58.3 Å². The largest absolute Gasteiger partial charge is 0.354 e. The maximum atomic E-state index is 13.4. The van der Waals surface area contributed by atoms with Gasteiger partial charge in [-0.2, -0.15) is 0 Å². The van der Waals surface area contributed by atoms with Gasteiger partial charge in [0.25, 0.3) is 5.91 Å². The number of benzene rings is 2. The molecule has 0 unspecified atom stereocenters. The van der Waals surface area contributed by atoms with Crippen molar-refractivity contribution in [3.05, 3.63) is 93.5 Å². The van der Waals surface area contributed by atoms with Crippen LogP contribution in [0.25, 0.3) is 10.1 Å². The third kappa shape index (κ3) is 8.09. The van der Waals surface area contributed by atoms with Gasteiger partial charge in [0.1, 0.15) is 5.54 Å². The topological polar surface area (TPSA) is 111 Å². The first-order valence-corrected chi connectivity index (χ1v) is 18.0. The molecular weight excluding hydrogens is 631 g/mol. The van der Waals surface area contributed by atoms with Crippen molar-refractivity contribution in [2.45, 2.75) is 50.1 Å². The molecule has 11 heteroatoms. The Morgan fingerprint density at radius 3 is 2.32 bits per heavy atom. The molecule has 1 aliphatic heterocycles. The summed E-state index contributed by atoms with van der Waals surface area (Å²) < 4.78 is 1.03. The number of rotatable bonds is 12. The van der Waals surface area contributed by atoms with Crippen molar-refractivity contribution >= 4 is 56.4 Å². The van der Waals surface area contributed by atoms with E-state index in [-0.39, 0.29) is 42.6 Å². The molecule has 47 heavy (non-hydrogen) atoms. The zero-order valence-electron chi connectivity index (χ0n) is 26.4. The molecule has 246 valence electrons. The molecule has 4 amide bonds. The van der Waals surface area contributed by atoms with Crippen LogP contribution in [-0.2, 0) is 20.8 Å². The van der Waals surface area contributed by atoms with Gasteiger partial charge in [-0.25, -0.2) is 0 Å². The highest BCUT2D eigenvalue weighted by Crippen LogP contribution is 2.32. The van der Waals surface area contributed by atoms with Crippen LogP contribution in [0.3, 0.4) is 0 Å². The smallest absolute Gasteiger partial charge is 0.262 e. The molecule has 6 rings (SSSR count). The van der Waals surface area contributed by atoms with Crippen LogP contribution in [-0.4, -0.2) is 78.2 Å². The molecule has 0 spiro atoms. The molecule has 2 fully saturated rings. The van der Waals surface area contributed by atoms with Gasteiger partial charge in [0, 0.05) is 55.3 Å². The van der Waals surface area contributed by atoms with Gasteiger partial charge in [-0.3, -0.25) is 24.1 Å². The summed E-state index contributed by atoms with van der Waals surface area (Å²) >= 11 is 3.03. The highest BCUT2D eigenvalue weighted by molar-refractivity contribution is 7.20. The van der Waals surface area contributed by atoms with Crippen LogP contribution in [0.15, 0.2) is 78.2 Å². The Morgan fingerprint density at radius 2 is 1.60 bits per heavy atom. The number of hydrogen-bond donors (Lipinski definition) is 3. The second-order valence-electron chi connectivity index (χ2n) is 12.3. The van der Waals surface area contributed by atoms with Crippen molar-refractivity contribution in [2.24, 2.45) is 0 Å². The molecule has 1 aliphatic carbocycles. The Labute approximate surface area is 283 Å². The summed E-state index contributed by atoms with van der Waals surface area (Å²) in [5, 5.41) is 12.1. The van der Waals surface area contributed by atoms with Crippen molar-refractivity contribution in [1.82, 2.24) is 25.8 Å². The SMILES string of the molecule is O=C(CCNC(=O)C1(NC(=O)c2cc3ccccc3s2)CCCC1)NC[C@@H](c1ccccc1)N1CCN(C(=O)Cc2cccs2)CC1. The molecule has 3 heterocycles. The molecule has 2 aromatic carbocycles. The summed E-state index contributed by atoms with van der Waals surface area (Å²) in [7, 11) is 0. The van der Waals surface area contributed by atoms with Crippen molar-refractivity contribution in [3.63, 3.8) is 0 Å². The first kappa shape index (κ1) is 32.9. The molecule has 1 saturated carbocycles. The number of nitrogens with one attached hydrogen (secondary N) is 3. The van der Waals surface area contributed by atoms with Gasteiger partial charge in [0.2, 0.25) is 17.7 Å². The van der Waals surface area contributed by atoms with Gasteiger partial charge in [-0.1, -0.05) is 67.4 Å². The quantitative estimate of drug-likeness (QED) is 0.201. The summed E-state index contributed by atoms with van der Waals surface area (Å²) in [6, 6.07) is 23.8. The minimum atomic E-state index is -0.963. The summed E-state index contributed by atoms with van der Waals surface area (Å²) in [6.45, 7) is 3.35. The Hall–Kier alpha value is -4.06. The fourth-order valence-electron chi connectivity index (χ4n) is 6.61. The fraction of sp³-hybridized carbons (Fsp3) is 0.389. The number of hydrogen-bond acceptors (Lipinski definition) is 7. The average molecular weight is 672 g/mol. The van der Waals surface area contributed by atoms with Crippen molar-refractivity contribution in [3.8, 4) is 0 Å². The zero-order valence-corrected chi connectivity index (χ0v) is 28.0. The van der Waals surface area contributed by atoms with Gasteiger partial charge < -0.3 is 20.9 Å². The Balaban J connectivity index is 0.992. The predicted octanol–water partition coefficient (Wildman–Crippen LogP) is 4.76. The Morgan fingerprint density at radius 1 is 0.851 bits per heavy atom. The maximum Gasteiger partial charge on any atom is 0.262 e. The molecule has 2 aromatic heterocycles. The van der Waals surface area contributed by atoms with Gasteiger partial charge in [-0.15, -0.1) is 22.7 Å². The number of carbonyl (C=O) groups excluding carboxylic acids is 4. The third-order valence-corrected chi connectivity index (χ3v) is 11.2. The van der Waals surface area contributed by atoms with Gasteiger partial charge in [0.05, 0.1) is 17.3 Å². The number of amides is 4. The molecular formula is C36H41N5O4S2. The molecule has 1 saturated heterocycles. The van der Waals surface area contributed by atoms with Crippen LogP contribution in [0, 0.1) is 0 Å². The highest BCUT2D eigenvalue weighted by Gasteiger charge is 2.42. The lowest BCUT2D eigenvalue weighted by molar-refractivity contribution is -0.132. The number of thiophene rings is 2. The van der Waals surface area contributed by atoms with E-state index in [1.165, 1.54) is 11.3 Å². The molecule has 4 aromatic rings. The molecule has 0 bridgehead atoms. The summed E-state index contributed by atoms with van der Waals surface area (Å²) in [5.74, 6) is -0.463. The minimum Gasteiger partial charge on any atom is -0.354 e. The van der Waals surface area contributed by atoms with Crippen LogP contribution in [0.5, 0.6) is 0 Å². The number of piperazine rings is 1. The lowest BCUT2D eigenvalue weighted by Crippen LogP contribution is -2.57. The minimum absolute atomic E-state index is 0.0323. The van der Waals surface area contributed by atoms with E-state index >= 15 is 0 Å². The third-order valence-electron chi connectivity index (χ3n) is 9.22. The monoisotopic (exact) mass is 671 g/mol. The summed E-state index contributed by atoms with van der Waals surface area (Å²) in [5.41, 5.74) is 0.145. The average Bonchev–Trinajstić information content (AvgIpc) is 3.88. The fourth-order valence-corrected chi connectivity index (χ4v) is 8.26. The highest BCUT2D eigenvalue weighted by atomic mass is 32.1. The van der Waals surface area contributed by atoms with Crippen LogP contribution in [0.4, 0.5) is 0 Å². The first-order chi connectivity index (χ1) is 22.9. The standard InChI is InChI=1S/C36H41N5O4S2/c42-32(14-17-37-35(45)36(15-6-7-16-36)39-34(44)31-23-27-11-4-5-13-30(27)47-31)38-25-29(26-9-2-1-3-10-26)40-18-20-41(21-19-40)33(43)24-28-12-8-22-46-28/h1-5,8-13,22-23,29H,6-7,14-21,24-25H2,(H,37,45)(H,38,42)(H,39,44)/t29-/m0/s1. The van der Waals surface area contributed by atoms with E-state index in [0.717, 1.165) is 46.5 Å². The van der Waals surface area contributed by atoms with Gasteiger partial charge in [-0.05, 0) is 47.4 Å². The van der Waals surface area contributed by atoms with E-state index in [9.17, 15) is 19.2 Å². The van der Waals surface area contributed by atoms with Gasteiger partial charge >= 0.3 is 0 Å². The van der Waals surface area contributed by atoms with Crippen molar-refractivity contribution < 1.29 is 19.2 Å². The lowest BCUT2D eigenvalue weighted by atomic mass is 9.96. The molecule has 3 N–H and O–H groups in total. The second kappa shape index (κ2) is 15.2. The van der Waals surface area contributed by atoms with Crippen molar-refractivity contribution in [2.75, 3.05) is 39.3 Å². The Kier molecular flexibility index (Phi) is 10.6.